The van der Waals surface area contributed by atoms with E-state index in [0.717, 1.165) is 49.3 Å². The number of fused-ring (bicyclic) bond motifs is 1. The number of aromatic nitrogens is 2. The van der Waals surface area contributed by atoms with Crippen LogP contribution in [0.4, 0.5) is 0 Å². The van der Waals surface area contributed by atoms with Gasteiger partial charge in [0.1, 0.15) is 5.01 Å². The van der Waals surface area contributed by atoms with Crippen LogP contribution >= 0.6 is 11.3 Å². The number of aryl methyl sites for hydroxylation is 1. The fraction of sp³-hybridized carbons (Fsp3) is 0.526. The average Bonchev–Trinajstić information content (AvgIpc) is 3.05. The number of carbonyl (C=O) groups excluding carboxylic acids is 1. The summed E-state index contributed by atoms with van der Waals surface area (Å²) in [7, 11) is 0. The Kier molecular flexibility index (Phi) is 4.35. The van der Waals surface area contributed by atoms with Crippen LogP contribution in [0.25, 0.3) is 10.6 Å². The number of amides is 1. The summed E-state index contributed by atoms with van der Waals surface area (Å²) in [4.78, 5) is 25.3. The number of piperidine rings is 1. The monoisotopic (exact) mass is 341 g/mol. The number of hydrogen-bond acceptors (Lipinski definition) is 4. The highest BCUT2D eigenvalue weighted by atomic mass is 32.1. The topological polar surface area (TPSA) is 46.1 Å². The molecule has 0 radical (unpaired) electrons. The zero-order chi connectivity index (χ0) is 16.5. The summed E-state index contributed by atoms with van der Waals surface area (Å²) in [5.41, 5.74) is 2.26. The van der Waals surface area contributed by atoms with Gasteiger partial charge in [-0.1, -0.05) is 6.92 Å². The van der Waals surface area contributed by atoms with Crippen LogP contribution in [-0.4, -0.2) is 33.9 Å². The molecular formula is C19H23N3OS. The van der Waals surface area contributed by atoms with Gasteiger partial charge in [0.15, 0.2) is 0 Å². The van der Waals surface area contributed by atoms with E-state index in [9.17, 15) is 4.79 Å². The van der Waals surface area contributed by atoms with Crippen molar-refractivity contribution in [2.75, 3.05) is 13.1 Å². The molecule has 4 nitrogen and oxygen atoms in total. The van der Waals surface area contributed by atoms with E-state index >= 15 is 0 Å². The van der Waals surface area contributed by atoms with Crippen molar-refractivity contribution in [3.63, 3.8) is 0 Å². The van der Waals surface area contributed by atoms with Crippen LogP contribution in [0.1, 0.15) is 36.8 Å². The van der Waals surface area contributed by atoms with Crippen molar-refractivity contribution >= 4 is 17.2 Å². The fourth-order valence-electron chi connectivity index (χ4n) is 3.85. The molecule has 1 saturated heterocycles. The molecule has 3 heterocycles. The van der Waals surface area contributed by atoms with Gasteiger partial charge < -0.3 is 4.90 Å². The number of likely N-dealkylation sites (tertiary alicyclic amines) is 1. The molecule has 2 aliphatic rings. The van der Waals surface area contributed by atoms with Crippen LogP contribution in [-0.2, 0) is 17.6 Å². The summed E-state index contributed by atoms with van der Waals surface area (Å²) in [5.74, 6) is 1.15. The molecule has 0 bridgehead atoms. The Labute approximate surface area is 146 Å². The molecule has 1 aliphatic heterocycles. The van der Waals surface area contributed by atoms with Crippen molar-refractivity contribution in [2.45, 2.75) is 39.0 Å². The molecule has 1 aliphatic carbocycles. The van der Waals surface area contributed by atoms with Gasteiger partial charge in [-0.05, 0) is 50.2 Å². The summed E-state index contributed by atoms with van der Waals surface area (Å²) in [6.07, 6.45) is 8.77. The maximum atomic E-state index is 12.9. The summed E-state index contributed by atoms with van der Waals surface area (Å²) in [6.45, 7) is 4.13. The van der Waals surface area contributed by atoms with E-state index in [1.165, 1.54) is 17.0 Å². The third-order valence-corrected chi connectivity index (χ3v) is 6.34. The molecule has 24 heavy (non-hydrogen) atoms. The lowest BCUT2D eigenvalue weighted by molar-refractivity contribution is -0.137. The molecule has 5 heteroatoms. The van der Waals surface area contributed by atoms with Crippen LogP contribution in [0, 0.1) is 11.8 Å². The van der Waals surface area contributed by atoms with Gasteiger partial charge in [-0.3, -0.25) is 9.78 Å². The highest BCUT2D eigenvalue weighted by Crippen LogP contribution is 2.35. The lowest BCUT2D eigenvalue weighted by Gasteiger charge is -2.34. The Morgan fingerprint density at radius 1 is 1.38 bits per heavy atom. The molecule has 2 unspecified atom stereocenters. The predicted molar refractivity (Wildman–Crippen MR) is 95.8 cm³/mol. The van der Waals surface area contributed by atoms with Gasteiger partial charge in [-0.2, -0.15) is 0 Å². The molecule has 4 rings (SSSR count). The van der Waals surface area contributed by atoms with Gasteiger partial charge in [0.05, 0.1) is 5.69 Å². The van der Waals surface area contributed by atoms with Crippen molar-refractivity contribution in [1.29, 1.82) is 0 Å². The maximum Gasteiger partial charge on any atom is 0.226 e. The first-order valence-electron chi connectivity index (χ1n) is 8.88. The maximum absolute atomic E-state index is 12.9. The second-order valence-corrected chi connectivity index (χ2v) is 8.19. The van der Waals surface area contributed by atoms with E-state index in [4.69, 9.17) is 4.98 Å². The largest absolute Gasteiger partial charge is 0.342 e. The van der Waals surface area contributed by atoms with E-state index < -0.39 is 0 Å². The van der Waals surface area contributed by atoms with E-state index in [2.05, 4.69) is 22.9 Å². The van der Waals surface area contributed by atoms with Gasteiger partial charge in [0.25, 0.3) is 0 Å². The number of thiazole rings is 1. The zero-order valence-corrected chi connectivity index (χ0v) is 14.9. The Morgan fingerprint density at radius 3 is 3.08 bits per heavy atom. The summed E-state index contributed by atoms with van der Waals surface area (Å²) in [6, 6.07) is 3.99. The Bertz CT molecular complexity index is 727. The molecule has 0 aromatic carbocycles. The van der Waals surface area contributed by atoms with Crippen LogP contribution in [0.2, 0.25) is 0 Å². The third kappa shape index (κ3) is 3.09. The molecule has 1 fully saturated rings. The minimum absolute atomic E-state index is 0.144. The SMILES string of the molecule is CC1CCCN(C(=O)C2CCc3nc(-c4cccnc4)sc3C2)C1. The summed E-state index contributed by atoms with van der Waals surface area (Å²) in [5, 5.41) is 1.03. The second-order valence-electron chi connectivity index (χ2n) is 7.10. The number of nitrogens with zero attached hydrogens (tertiary/aromatic N) is 3. The van der Waals surface area contributed by atoms with Gasteiger partial charge in [0.2, 0.25) is 5.91 Å². The molecule has 0 saturated carbocycles. The number of hydrogen-bond donors (Lipinski definition) is 0. The molecular weight excluding hydrogens is 318 g/mol. The minimum Gasteiger partial charge on any atom is -0.342 e. The molecule has 1 amide bonds. The van der Waals surface area contributed by atoms with E-state index in [-0.39, 0.29) is 5.92 Å². The minimum atomic E-state index is 0.144. The van der Waals surface area contributed by atoms with Gasteiger partial charge in [-0.15, -0.1) is 11.3 Å². The van der Waals surface area contributed by atoms with E-state index in [0.29, 0.717) is 11.8 Å². The molecule has 126 valence electrons. The Morgan fingerprint density at radius 2 is 2.29 bits per heavy atom. The number of rotatable bonds is 2. The third-order valence-electron chi connectivity index (χ3n) is 5.17. The summed E-state index contributed by atoms with van der Waals surface area (Å²) >= 11 is 1.73. The van der Waals surface area contributed by atoms with Gasteiger partial charge >= 0.3 is 0 Å². The highest BCUT2D eigenvalue weighted by molar-refractivity contribution is 7.15. The first-order valence-corrected chi connectivity index (χ1v) is 9.70. The van der Waals surface area contributed by atoms with Crippen molar-refractivity contribution in [3.8, 4) is 10.6 Å². The average molecular weight is 341 g/mol. The van der Waals surface area contributed by atoms with Crippen molar-refractivity contribution in [3.05, 3.63) is 35.1 Å². The molecule has 0 N–H and O–H groups in total. The fourth-order valence-corrected chi connectivity index (χ4v) is 5.02. The van der Waals surface area contributed by atoms with Crippen LogP contribution in [0.15, 0.2) is 24.5 Å². The van der Waals surface area contributed by atoms with Crippen LogP contribution < -0.4 is 0 Å². The van der Waals surface area contributed by atoms with E-state index in [1.807, 2.05) is 12.3 Å². The first-order chi connectivity index (χ1) is 11.7. The van der Waals surface area contributed by atoms with Crippen molar-refractivity contribution < 1.29 is 4.79 Å². The Balaban J connectivity index is 1.49. The summed E-state index contributed by atoms with van der Waals surface area (Å²) < 4.78 is 0. The number of pyridine rings is 1. The lowest BCUT2D eigenvalue weighted by Crippen LogP contribution is -2.43. The standard InChI is InChI=1S/C19H23N3OS/c1-13-4-3-9-22(12-13)19(23)14-6-7-16-17(10-14)24-18(21-16)15-5-2-8-20-11-15/h2,5,8,11,13-14H,3-4,6-7,9-10,12H2,1H3. The Hall–Kier alpha value is -1.75. The molecule has 2 atom stereocenters. The second kappa shape index (κ2) is 6.63. The molecule has 2 aromatic heterocycles. The molecule has 0 spiro atoms. The zero-order valence-electron chi connectivity index (χ0n) is 14.1. The lowest BCUT2D eigenvalue weighted by atomic mass is 9.89. The highest BCUT2D eigenvalue weighted by Gasteiger charge is 2.32. The predicted octanol–water partition coefficient (Wildman–Crippen LogP) is 3.57. The van der Waals surface area contributed by atoms with Crippen molar-refractivity contribution in [2.24, 2.45) is 11.8 Å². The smallest absolute Gasteiger partial charge is 0.226 e. The molecule has 2 aromatic rings. The van der Waals surface area contributed by atoms with Crippen molar-refractivity contribution in [1.82, 2.24) is 14.9 Å². The van der Waals surface area contributed by atoms with Crippen LogP contribution in [0.3, 0.4) is 0 Å². The quantitative estimate of drug-likeness (QED) is 0.839. The van der Waals surface area contributed by atoms with Crippen LogP contribution in [0.5, 0.6) is 0 Å². The van der Waals surface area contributed by atoms with Gasteiger partial charge in [0, 0.05) is 41.8 Å². The number of carbonyl (C=O) groups is 1. The van der Waals surface area contributed by atoms with E-state index in [1.54, 1.807) is 17.5 Å². The first kappa shape index (κ1) is 15.8. The normalized spacial score (nSPS) is 23.8. The van der Waals surface area contributed by atoms with Gasteiger partial charge in [-0.25, -0.2) is 4.98 Å².